The molecule has 2 aromatic carbocycles. The van der Waals surface area contributed by atoms with Gasteiger partial charge in [0.2, 0.25) is 0 Å². The molecule has 1 amide bonds. The molecular weight excluding hydrogens is 456 g/mol. The number of nitro groups is 1. The van der Waals surface area contributed by atoms with Crippen LogP contribution in [0.3, 0.4) is 0 Å². The van der Waals surface area contributed by atoms with E-state index in [9.17, 15) is 14.9 Å². The first-order chi connectivity index (χ1) is 11.9. The summed E-state index contributed by atoms with van der Waals surface area (Å²) in [5, 5.41) is 17.4. The summed E-state index contributed by atoms with van der Waals surface area (Å²) in [5.41, 5.74) is 4.90. The summed E-state index contributed by atoms with van der Waals surface area (Å²) in [6, 6.07) is 9.73. The molecule has 7 nitrogen and oxygen atoms in total. The van der Waals surface area contributed by atoms with E-state index in [4.69, 9.17) is 0 Å². The van der Waals surface area contributed by atoms with Gasteiger partial charge in [0.15, 0.2) is 0 Å². The van der Waals surface area contributed by atoms with Crippen LogP contribution >= 0.6 is 31.9 Å². The minimum absolute atomic E-state index is 0.000336. The Hall–Kier alpha value is -2.26. The minimum atomic E-state index is -0.476. The average molecular weight is 470 g/mol. The molecule has 0 spiro atoms. The number of rotatable bonds is 6. The standard InChI is InChI=1S/C16H14Br2N4O3/c1-10-6-13(17)16(14(18)7-10)19-9-15(23)21-20-8-11-2-4-12(5-3-11)22(24)25/h2-8,19H,9H2,1H3,(H,21,23). The van der Waals surface area contributed by atoms with Gasteiger partial charge in [-0.1, -0.05) is 0 Å². The third-order valence-corrected chi connectivity index (χ3v) is 4.37. The highest BCUT2D eigenvalue weighted by Gasteiger charge is 2.08. The molecule has 0 heterocycles. The van der Waals surface area contributed by atoms with Crippen LogP contribution in [0.15, 0.2) is 50.4 Å². The van der Waals surface area contributed by atoms with Gasteiger partial charge < -0.3 is 5.32 Å². The lowest BCUT2D eigenvalue weighted by molar-refractivity contribution is -0.384. The van der Waals surface area contributed by atoms with E-state index in [2.05, 4.69) is 47.7 Å². The van der Waals surface area contributed by atoms with Gasteiger partial charge in [0.1, 0.15) is 0 Å². The van der Waals surface area contributed by atoms with E-state index < -0.39 is 4.92 Å². The summed E-state index contributed by atoms with van der Waals surface area (Å²) < 4.78 is 1.70. The van der Waals surface area contributed by atoms with Gasteiger partial charge in [-0.05, 0) is 74.2 Å². The number of halogens is 2. The molecular formula is C16H14Br2N4O3. The highest BCUT2D eigenvalue weighted by Crippen LogP contribution is 2.32. The molecule has 0 atom stereocenters. The van der Waals surface area contributed by atoms with Gasteiger partial charge >= 0.3 is 0 Å². The number of carbonyl (C=O) groups excluding carboxylic acids is 1. The third-order valence-electron chi connectivity index (χ3n) is 3.12. The fourth-order valence-corrected chi connectivity index (χ4v) is 3.63. The van der Waals surface area contributed by atoms with E-state index in [1.807, 2.05) is 19.1 Å². The number of non-ortho nitro benzene ring substituents is 1. The Labute approximate surface area is 160 Å². The number of benzene rings is 2. The van der Waals surface area contributed by atoms with Crippen molar-refractivity contribution in [3.63, 3.8) is 0 Å². The zero-order valence-electron chi connectivity index (χ0n) is 13.1. The molecule has 0 unspecified atom stereocenters. The summed E-state index contributed by atoms with van der Waals surface area (Å²) in [5.74, 6) is -0.322. The van der Waals surface area contributed by atoms with E-state index >= 15 is 0 Å². The van der Waals surface area contributed by atoms with E-state index in [1.165, 1.54) is 18.3 Å². The number of amides is 1. The number of nitro benzene ring substituents is 1. The Morgan fingerprint density at radius 3 is 2.40 bits per heavy atom. The van der Waals surface area contributed by atoms with Crippen molar-refractivity contribution in [2.24, 2.45) is 5.10 Å². The Kier molecular flexibility index (Phi) is 6.65. The van der Waals surface area contributed by atoms with Crippen molar-refractivity contribution in [2.45, 2.75) is 6.92 Å². The van der Waals surface area contributed by atoms with Crippen molar-refractivity contribution < 1.29 is 9.72 Å². The van der Waals surface area contributed by atoms with E-state index in [0.29, 0.717) is 5.56 Å². The Morgan fingerprint density at radius 1 is 1.24 bits per heavy atom. The maximum absolute atomic E-state index is 11.8. The van der Waals surface area contributed by atoms with Crippen LogP contribution in [0.2, 0.25) is 0 Å². The fraction of sp³-hybridized carbons (Fsp3) is 0.125. The molecule has 0 bridgehead atoms. The highest BCUT2D eigenvalue weighted by atomic mass is 79.9. The van der Waals surface area contributed by atoms with Crippen molar-refractivity contribution in [1.82, 2.24) is 5.43 Å². The summed E-state index contributed by atoms with van der Waals surface area (Å²) >= 11 is 6.89. The molecule has 25 heavy (non-hydrogen) atoms. The Morgan fingerprint density at radius 2 is 1.84 bits per heavy atom. The molecule has 0 aliphatic rings. The van der Waals surface area contributed by atoms with Crippen LogP contribution in [0.5, 0.6) is 0 Å². The van der Waals surface area contributed by atoms with Crippen LogP contribution in [-0.2, 0) is 4.79 Å². The lowest BCUT2D eigenvalue weighted by atomic mass is 10.2. The maximum Gasteiger partial charge on any atom is 0.269 e. The van der Waals surface area contributed by atoms with Gasteiger partial charge in [0.25, 0.3) is 11.6 Å². The quantitative estimate of drug-likeness (QED) is 0.379. The van der Waals surface area contributed by atoms with Gasteiger partial charge in [-0.2, -0.15) is 5.10 Å². The zero-order chi connectivity index (χ0) is 18.4. The van der Waals surface area contributed by atoms with Gasteiger partial charge in [-0.25, -0.2) is 5.43 Å². The second-order valence-corrected chi connectivity index (χ2v) is 6.81. The van der Waals surface area contributed by atoms with Crippen LogP contribution in [0.25, 0.3) is 0 Å². The van der Waals surface area contributed by atoms with Crippen LogP contribution in [0, 0.1) is 17.0 Å². The summed E-state index contributed by atoms with van der Waals surface area (Å²) in [6.45, 7) is 2.01. The monoisotopic (exact) mass is 468 g/mol. The molecule has 0 radical (unpaired) electrons. The zero-order valence-corrected chi connectivity index (χ0v) is 16.3. The lowest BCUT2D eigenvalue weighted by Crippen LogP contribution is -2.26. The largest absolute Gasteiger partial charge is 0.374 e. The van der Waals surface area contributed by atoms with Crippen molar-refractivity contribution in [2.75, 3.05) is 11.9 Å². The molecule has 2 aromatic rings. The average Bonchev–Trinajstić information content (AvgIpc) is 2.54. The number of aryl methyl sites for hydroxylation is 1. The molecule has 0 fully saturated rings. The molecule has 2 N–H and O–H groups in total. The van der Waals surface area contributed by atoms with Crippen molar-refractivity contribution in [3.05, 3.63) is 66.6 Å². The topological polar surface area (TPSA) is 96.6 Å². The summed E-state index contributed by atoms with van der Waals surface area (Å²) in [4.78, 5) is 21.9. The lowest BCUT2D eigenvalue weighted by Gasteiger charge is -2.11. The second-order valence-electron chi connectivity index (χ2n) is 5.10. The first kappa shape index (κ1) is 19.1. The van der Waals surface area contributed by atoms with Gasteiger partial charge in [-0.15, -0.1) is 0 Å². The molecule has 0 saturated carbocycles. The highest BCUT2D eigenvalue weighted by molar-refractivity contribution is 9.11. The maximum atomic E-state index is 11.8. The van der Waals surface area contributed by atoms with E-state index in [0.717, 1.165) is 20.2 Å². The van der Waals surface area contributed by atoms with Crippen LogP contribution in [-0.4, -0.2) is 23.6 Å². The first-order valence-corrected chi connectivity index (χ1v) is 8.71. The number of nitrogens with one attached hydrogen (secondary N) is 2. The Bertz CT molecular complexity index is 800. The number of hydrogen-bond acceptors (Lipinski definition) is 5. The van der Waals surface area contributed by atoms with Crippen molar-refractivity contribution >= 4 is 55.4 Å². The van der Waals surface area contributed by atoms with Crippen LogP contribution in [0.4, 0.5) is 11.4 Å². The van der Waals surface area contributed by atoms with E-state index in [1.54, 1.807) is 12.1 Å². The van der Waals surface area contributed by atoms with Gasteiger partial charge in [-0.3, -0.25) is 14.9 Å². The fourth-order valence-electron chi connectivity index (χ4n) is 1.94. The number of hydrazone groups is 1. The molecule has 0 aliphatic carbocycles. The number of carbonyl (C=O) groups is 1. The Balaban J connectivity index is 1.87. The molecule has 130 valence electrons. The van der Waals surface area contributed by atoms with Gasteiger partial charge in [0, 0.05) is 21.1 Å². The number of nitrogens with zero attached hydrogens (tertiary/aromatic N) is 2. The molecule has 0 aliphatic heterocycles. The minimum Gasteiger partial charge on any atom is -0.374 e. The molecule has 2 rings (SSSR count). The third kappa shape index (κ3) is 5.64. The predicted molar refractivity (Wildman–Crippen MR) is 104 cm³/mol. The van der Waals surface area contributed by atoms with Crippen molar-refractivity contribution in [1.29, 1.82) is 0 Å². The van der Waals surface area contributed by atoms with Gasteiger partial charge in [0.05, 0.1) is 23.4 Å². The van der Waals surface area contributed by atoms with Crippen molar-refractivity contribution in [3.8, 4) is 0 Å². The molecule has 9 heteroatoms. The second kappa shape index (κ2) is 8.72. The SMILES string of the molecule is Cc1cc(Br)c(NCC(=O)NN=Cc2ccc([N+](=O)[O-])cc2)c(Br)c1. The van der Waals surface area contributed by atoms with Crippen LogP contribution < -0.4 is 10.7 Å². The number of anilines is 1. The molecule has 0 aromatic heterocycles. The number of hydrogen-bond donors (Lipinski definition) is 2. The summed E-state index contributed by atoms with van der Waals surface area (Å²) in [7, 11) is 0. The predicted octanol–water partition coefficient (Wildman–Crippen LogP) is 3.99. The van der Waals surface area contributed by atoms with Crippen LogP contribution in [0.1, 0.15) is 11.1 Å². The first-order valence-electron chi connectivity index (χ1n) is 7.12. The van der Waals surface area contributed by atoms with E-state index in [-0.39, 0.29) is 18.1 Å². The molecule has 0 saturated heterocycles. The smallest absolute Gasteiger partial charge is 0.269 e. The normalized spacial score (nSPS) is 10.7. The summed E-state index contributed by atoms with van der Waals surface area (Å²) in [6.07, 6.45) is 1.42.